The number of nitrogens with zero attached hydrogens (tertiary/aromatic N) is 2. The summed E-state index contributed by atoms with van der Waals surface area (Å²) in [6.45, 7) is 9.42. The van der Waals surface area contributed by atoms with E-state index in [4.69, 9.17) is 11.5 Å². The summed E-state index contributed by atoms with van der Waals surface area (Å²) in [5, 5.41) is 0. The number of rotatable bonds is 7. The molecule has 1 aliphatic heterocycles. The molecule has 4 heteroatoms. The summed E-state index contributed by atoms with van der Waals surface area (Å²) in [5.41, 5.74) is 12.0. The van der Waals surface area contributed by atoms with Gasteiger partial charge in [0, 0.05) is 12.6 Å². The van der Waals surface area contributed by atoms with Gasteiger partial charge < -0.3 is 16.4 Å². The standard InChI is InChI=1S/C14H28N4/c1-4-17(5-2)14(10-9-12(3)15)18-11-7-6-8-13(18)16/h6-8,12,14H,4-5,9-11,15-16H2,1-3H3. The summed E-state index contributed by atoms with van der Waals surface area (Å²) < 4.78 is 0. The van der Waals surface area contributed by atoms with E-state index in [1.54, 1.807) is 0 Å². The topological polar surface area (TPSA) is 58.5 Å². The zero-order valence-electron chi connectivity index (χ0n) is 12.0. The average Bonchev–Trinajstić information content (AvgIpc) is 2.35. The highest BCUT2D eigenvalue weighted by Crippen LogP contribution is 2.18. The summed E-state index contributed by atoms with van der Waals surface area (Å²) >= 11 is 0. The van der Waals surface area contributed by atoms with Crippen molar-refractivity contribution in [2.24, 2.45) is 11.5 Å². The van der Waals surface area contributed by atoms with Gasteiger partial charge in [0.1, 0.15) is 5.82 Å². The molecule has 0 aromatic rings. The highest BCUT2D eigenvalue weighted by atomic mass is 15.4. The van der Waals surface area contributed by atoms with E-state index in [0.29, 0.717) is 6.17 Å². The van der Waals surface area contributed by atoms with Crippen molar-refractivity contribution in [1.82, 2.24) is 9.80 Å². The van der Waals surface area contributed by atoms with E-state index in [2.05, 4.69) is 36.6 Å². The maximum atomic E-state index is 6.11. The van der Waals surface area contributed by atoms with Crippen LogP contribution in [0.2, 0.25) is 0 Å². The Kier molecular flexibility index (Phi) is 6.22. The fourth-order valence-corrected chi connectivity index (χ4v) is 2.43. The maximum Gasteiger partial charge on any atom is 0.100 e. The Labute approximate surface area is 111 Å². The van der Waals surface area contributed by atoms with Crippen LogP contribution in [0.4, 0.5) is 0 Å². The molecule has 0 spiro atoms. The quantitative estimate of drug-likeness (QED) is 0.720. The van der Waals surface area contributed by atoms with E-state index in [1.165, 1.54) is 0 Å². The Balaban J connectivity index is 2.75. The van der Waals surface area contributed by atoms with Gasteiger partial charge in [-0.1, -0.05) is 26.0 Å². The first-order valence-corrected chi connectivity index (χ1v) is 6.98. The third-order valence-electron chi connectivity index (χ3n) is 3.51. The van der Waals surface area contributed by atoms with Crippen LogP contribution >= 0.6 is 0 Å². The Morgan fingerprint density at radius 3 is 2.50 bits per heavy atom. The van der Waals surface area contributed by atoms with E-state index in [0.717, 1.165) is 38.3 Å². The molecule has 0 aliphatic carbocycles. The minimum atomic E-state index is 0.244. The van der Waals surface area contributed by atoms with Crippen LogP contribution in [0.5, 0.6) is 0 Å². The molecule has 104 valence electrons. The van der Waals surface area contributed by atoms with E-state index in [9.17, 15) is 0 Å². The summed E-state index contributed by atoms with van der Waals surface area (Å²) in [5.74, 6) is 0.860. The molecular weight excluding hydrogens is 224 g/mol. The summed E-state index contributed by atoms with van der Waals surface area (Å²) in [6, 6.07) is 0.244. The van der Waals surface area contributed by atoms with E-state index < -0.39 is 0 Å². The zero-order valence-corrected chi connectivity index (χ0v) is 12.0. The van der Waals surface area contributed by atoms with Crippen LogP contribution in [0.25, 0.3) is 0 Å². The fourth-order valence-electron chi connectivity index (χ4n) is 2.43. The molecular formula is C14H28N4. The van der Waals surface area contributed by atoms with Crippen LogP contribution in [-0.4, -0.2) is 41.6 Å². The summed E-state index contributed by atoms with van der Waals surface area (Å²) in [7, 11) is 0. The molecule has 2 unspecified atom stereocenters. The van der Waals surface area contributed by atoms with Gasteiger partial charge in [-0.15, -0.1) is 0 Å². The van der Waals surface area contributed by atoms with Crippen molar-refractivity contribution in [3.05, 3.63) is 24.0 Å². The Morgan fingerprint density at radius 2 is 2.00 bits per heavy atom. The Morgan fingerprint density at radius 1 is 1.33 bits per heavy atom. The molecule has 0 fully saturated rings. The number of hydrogen-bond donors (Lipinski definition) is 2. The van der Waals surface area contributed by atoms with Crippen LogP contribution in [0, 0.1) is 0 Å². The van der Waals surface area contributed by atoms with Gasteiger partial charge >= 0.3 is 0 Å². The molecule has 4 N–H and O–H groups in total. The van der Waals surface area contributed by atoms with Crippen molar-refractivity contribution in [3.8, 4) is 0 Å². The molecule has 0 saturated carbocycles. The predicted molar refractivity (Wildman–Crippen MR) is 77.7 cm³/mol. The van der Waals surface area contributed by atoms with Crippen molar-refractivity contribution >= 4 is 0 Å². The van der Waals surface area contributed by atoms with Crippen molar-refractivity contribution in [2.45, 2.75) is 45.8 Å². The molecule has 1 heterocycles. The lowest BCUT2D eigenvalue weighted by molar-refractivity contribution is 0.0713. The van der Waals surface area contributed by atoms with Crippen LogP contribution in [-0.2, 0) is 0 Å². The second kappa shape index (κ2) is 7.44. The molecule has 1 aliphatic rings. The summed E-state index contributed by atoms with van der Waals surface area (Å²) in [4.78, 5) is 4.72. The van der Waals surface area contributed by atoms with Crippen molar-refractivity contribution in [3.63, 3.8) is 0 Å². The average molecular weight is 252 g/mol. The van der Waals surface area contributed by atoms with Crippen LogP contribution in [0.15, 0.2) is 24.0 Å². The first-order valence-electron chi connectivity index (χ1n) is 6.98. The third kappa shape index (κ3) is 4.03. The normalized spacial score (nSPS) is 18.9. The Hall–Kier alpha value is -1.00. The number of nitrogens with two attached hydrogens (primary N) is 2. The minimum Gasteiger partial charge on any atom is -0.385 e. The third-order valence-corrected chi connectivity index (χ3v) is 3.51. The minimum absolute atomic E-state index is 0.244. The lowest BCUT2D eigenvalue weighted by Crippen LogP contribution is -2.50. The van der Waals surface area contributed by atoms with Gasteiger partial charge in [-0.05, 0) is 38.9 Å². The van der Waals surface area contributed by atoms with Crippen LogP contribution in [0.1, 0.15) is 33.6 Å². The molecule has 0 aromatic heterocycles. The highest BCUT2D eigenvalue weighted by molar-refractivity contribution is 5.16. The molecule has 0 bridgehead atoms. The molecule has 0 aromatic carbocycles. The van der Waals surface area contributed by atoms with E-state index >= 15 is 0 Å². The molecule has 0 radical (unpaired) electrons. The first kappa shape index (κ1) is 15.1. The van der Waals surface area contributed by atoms with Gasteiger partial charge in [-0.3, -0.25) is 4.90 Å². The van der Waals surface area contributed by atoms with Crippen molar-refractivity contribution < 1.29 is 0 Å². The van der Waals surface area contributed by atoms with E-state index in [-0.39, 0.29) is 6.04 Å². The lowest BCUT2D eigenvalue weighted by Gasteiger charge is -2.41. The van der Waals surface area contributed by atoms with Gasteiger partial charge in [-0.25, -0.2) is 0 Å². The second-order valence-electron chi connectivity index (χ2n) is 4.93. The molecule has 2 atom stereocenters. The molecule has 18 heavy (non-hydrogen) atoms. The van der Waals surface area contributed by atoms with Crippen LogP contribution in [0.3, 0.4) is 0 Å². The second-order valence-corrected chi connectivity index (χ2v) is 4.93. The lowest BCUT2D eigenvalue weighted by atomic mass is 10.1. The van der Waals surface area contributed by atoms with Crippen LogP contribution < -0.4 is 11.5 Å². The van der Waals surface area contributed by atoms with Crippen molar-refractivity contribution in [1.29, 1.82) is 0 Å². The monoisotopic (exact) mass is 252 g/mol. The number of allylic oxidation sites excluding steroid dienone is 2. The van der Waals surface area contributed by atoms with Gasteiger partial charge in [0.2, 0.25) is 0 Å². The first-order chi connectivity index (χ1) is 8.60. The van der Waals surface area contributed by atoms with Gasteiger partial charge in [0.15, 0.2) is 0 Å². The Bertz CT molecular complexity index is 292. The van der Waals surface area contributed by atoms with Gasteiger partial charge in [0.05, 0.1) is 6.17 Å². The molecule has 0 saturated heterocycles. The summed E-state index contributed by atoms with van der Waals surface area (Å²) in [6.07, 6.45) is 8.59. The smallest absolute Gasteiger partial charge is 0.100 e. The highest BCUT2D eigenvalue weighted by Gasteiger charge is 2.24. The van der Waals surface area contributed by atoms with Gasteiger partial charge in [0.25, 0.3) is 0 Å². The largest absolute Gasteiger partial charge is 0.385 e. The van der Waals surface area contributed by atoms with E-state index in [1.807, 2.05) is 12.2 Å². The molecule has 1 rings (SSSR count). The SMILES string of the molecule is CCN(CC)C(CCC(C)N)N1CC=CC=C1N. The molecule has 0 amide bonds. The maximum absolute atomic E-state index is 6.11. The molecule has 4 nitrogen and oxygen atoms in total. The fraction of sp³-hybridized carbons (Fsp3) is 0.714. The number of hydrogen-bond acceptors (Lipinski definition) is 4. The predicted octanol–water partition coefficient (Wildman–Crippen LogP) is 1.45. The zero-order chi connectivity index (χ0) is 13.5. The van der Waals surface area contributed by atoms with Crippen molar-refractivity contribution in [2.75, 3.05) is 19.6 Å². The van der Waals surface area contributed by atoms with Gasteiger partial charge in [-0.2, -0.15) is 0 Å².